The second-order valence-corrected chi connectivity index (χ2v) is 8.92. The van der Waals surface area contributed by atoms with Crippen molar-refractivity contribution in [2.24, 2.45) is 0 Å². The smallest absolute Gasteiger partial charge is 0.256 e. The van der Waals surface area contributed by atoms with Gasteiger partial charge in [0.15, 0.2) is 0 Å². The number of rotatable bonds is 6. The zero-order valence-electron chi connectivity index (χ0n) is 17.6. The molecule has 0 saturated carbocycles. The fourth-order valence-electron chi connectivity index (χ4n) is 4.03. The average molecular weight is 422 g/mol. The Morgan fingerprint density at radius 1 is 1.10 bits per heavy atom. The molecule has 2 aromatic carbocycles. The highest BCUT2D eigenvalue weighted by molar-refractivity contribution is 7.16. The molecule has 3 aromatic rings. The van der Waals surface area contributed by atoms with Gasteiger partial charge in [-0.1, -0.05) is 55.0 Å². The standard InChI is InChI=1S/C25H28N2O2S/c1-3-21-17-22(25(30-21)26-24(28)20-7-5-4-6-8-20)23(27-13-15-29-16-14-27)19-11-9-18(2)10-12-19/h4-12,17,23H,3,13-16H2,1-2H3,(H,26,28)/p+1/t23-/m1/s1. The molecule has 4 nitrogen and oxygen atoms in total. The highest BCUT2D eigenvalue weighted by Crippen LogP contribution is 2.35. The molecule has 1 amide bonds. The van der Waals surface area contributed by atoms with E-state index in [-0.39, 0.29) is 11.9 Å². The van der Waals surface area contributed by atoms with E-state index in [1.165, 1.54) is 26.5 Å². The van der Waals surface area contributed by atoms with Gasteiger partial charge in [-0.25, -0.2) is 0 Å². The number of hydrogen-bond acceptors (Lipinski definition) is 3. The molecule has 1 saturated heterocycles. The van der Waals surface area contributed by atoms with Gasteiger partial charge >= 0.3 is 0 Å². The Kier molecular flexibility index (Phi) is 6.62. The van der Waals surface area contributed by atoms with E-state index in [0.717, 1.165) is 37.7 Å². The largest absolute Gasteiger partial charge is 0.370 e. The summed E-state index contributed by atoms with van der Waals surface area (Å²) in [5.74, 6) is -0.0546. The van der Waals surface area contributed by atoms with Crippen molar-refractivity contribution in [1.29, 1.82) is 0 Å². The Bertz CT molecular complexity index is 976. The molecule has 1 aliphatic rings. The number of anilines is 1. The van der Waals surface area contributed by atoms with E-state index >= 15 is 0 Å². The lowest BCUT2D eigenvalue weighted by Gasteiger charge is -2.32. The Hall–Kier alpha value is -2.47. The summed E-state index contributed by atoms with van der Waals surface area (Å²) >= 11 is 1.70. The lowest BCUT2D eigenvalue weighted by molar-refractivity contribution is -0.933. The lowest BCUT2D eigenvalue weighted by atomic mass is 9.96. The molecule has 4 rings (SSSR count). The Labute approximate surface area is 182 Å². The van der Waals surface area contributed by atoms with E-state index in [1.54, 1.807) is 11.3 Å². The molecule has 0 bridgehead atoms. The van der Waals surface area contributed by atoms with Crippen LogP contribution in [0, 0.1) is 6.92 Å². The lowest BCUT2D eigenvalue weighted by Crippen LogP contribution is -3.14. The van der Waals surface area contributed by atoms with Crippen molar-refractivity contribution < 1.29 is 14.4 Å². The van der Waals surface area contributed by atoms with Crippen molar-refractivity contribution >= 4 is 22.2 Å². The Morgan fingerprint density at radius 3 is 2.47 bits per heavy atom. The molecule has 1 aromatic heterocycles. The van der Waals surface area contributed by atoms with E-state index in [2.05, 4.69) is 49.5 Å². The summed E-state index contributed by atoms with van der Waals surface area (Å²) in [7, 11) is 0. The van der Waals surface area contributed by atoms with Crippen LogP contribution >= 0.6 is 11.3 Å². The van der Waals surface area contributed by atoms with Crippen molar-refractivity contribution in [3.63, 3.8) is 0 Å². The van der Waals surface area contributed by atoms with Crippen molar-refractivity contribution in [1.82, 2.24) is 0 Å². The molecule has 1 atom stereocenters. The van der Waals surface area contributed by atoms with Crippen LogP contribution in [0.3, 0.4) is 0 Å². The molecule has 1 fully saturated rings. The minimum atomic E-state index is -0.0546. The van der Waals surface area contributed by atoms with Gasteiger partial charge in [0, 0.05) is 21.6 Å². The number of ether oxygens (including phenoxy) is 1. The third-order valence-electron chi connectivity index (χ3n) is 5.69. The zero-order valence-corrected chi connectivity index (χ0v) is 18.4. The van der Waals surface area contributed by atoms with E-state index in [9.17, 15) is 4.79 Å². The zero-order chi connectivity index (χ0) is 20.9. The van der Waals surface area contributed by atoms with Gasteiger partial charge in [0.25, 0.3) is 5.91 Å². The number of thiophene rings is 1. The third kappa shape index (κ3) is 4.64. The molecule has 156 valence electrons. The maximum atomic E-state index is 12.9. The summed E-state index contributed by atoms with van der Waals surface area (Å²) in [5, 5.41) is 4.18. The monoisotopic (exact) mass is 421 g/mol. The SMILES string of the molecule is CCc1cc([C@@H](c2ccc(C)cc2)[NH+]2CCOCC2)c(NC(=O)c2ccccc2)s1. The first-order valence-corrected chi connectivity index (χ1v) is 11.4. The number of amides is 1. The molecule has 30 heavy (non-hydrogen) atoms. The minimum Gasteiger partial charge on any atom is -0.370 e. The summed E-state index contributed by atoms with van der Waals surface area (Å²) < 4.78 is 5.63. The van der Waals surface area contributed by atoms with Crippen LogP contribution in [0.2, 0.25) is 0 Å². The summed E-state index contributed by atoms with van der Waals surface area (Å²) in [4.78, 5) is 15.7. The van der Waals surface area contributed by atoms with Gasteiger partial charge in [-0.2, -0.15) is 0 Å². The maximum Gasteiger partial charge on any atom is 0.256 e. The summed E-state index contributed by atoms with van der Waals surface area (Å²) in [6.45, 7) is 7.75. The third-order valence-corrected chi connectivity index (χ3v) is 6.90. The Morgan fingerprint density at radius 2 is 1.80 bits per heavy atom. The highest BCUT2D eigenvalue weighted by Gasteiger charge is 2.32. The second-order valence-electron chi connectivity index (χ2n) is 7.79. The van der Waals surface area contributed by atoms with Gasteiger partial charge in [0.1, 0.15) is 24.1 Å². The highest BCUT2D eigenvalue weighted by atomic mass is 32.1. The fourth-order valence-corrected chi connectivity index (χ4v) is 5.06. The molecule has 1 aliphatic heterocycles. The van der Waals surface area contributed by atoms with Gasteiger partial charge in [-0.05, 0) is 31.5 Å². The molecule has 0 spiro atoms. The number of hydrogen-bond donors (Lipinski definition) is 2. The summed E-state index contributed by atoms with van der Waals surface area (Å²) in [6, 6.07) is 20.7. The van der Waals surface area contributed by atoms with E-state index in [1.807, 2.05) is 30.3 Å². The number of morpholine rings is 1. The van der Waals surface area contributed by atoms with Gasteiger partial charge in [-0.15, -0.1) is 11.3 Å². The first kappa shape index (κ1) is 20.8. The van der Waals surface area contributed by atoms with Crippen LogP contribution in [-0.4, -0.2) is 32.2 Å². The normalized spacial score (nSPS) is 15.7. The van der Waals surface area contributed by atoms with Crippen molar-refractivity contribution in [2.75, 3.05) is 31.6 Å². The minimum absolute atomic E-state index is 0.0546. The average Bonchev–Trinajstić information content (AvgIpc) is 3.19. The number of nitrogens with one attached hydrogen (secondary N) is 2. The van der Waals surface area contributed by atoms with Crippen LogP contribution < -0.4 is 10.2 Å². The summed E-state index contributed by atoms with van der Waals surface area (Å²) in [5.41, 5.74) is 4.43. The van der Waals surface area contributed by atoms with Crippen LogP contribution in [-0.2, 0) is 11.2 Å². The van der Waals surface area contributed by atoms with Crippen molar-refractivity contribution in [2.45, 2.75) is 26.3 Å². The molecule has 2 N–H and O–H groups in total. The van der Waals surface area contributed by atoms with Crippen LogP contribution in [0.4, 0.5) is 5.00 Å². The predicted octanol–water partition coefficient (Wildman–Crippen LogP) is 3.88. The fraction of sp³-hybridized carbons (Fsp3) is 0.320. The van der Waals surface area contributed by atoms with E-state index in [4.69, 9.17) is 4.74 Å². The van der Waals surface area contributed by atoms with Gasteiger partial charge in [0.05, 0.1) is 13.2 Å². The number of quaternary nitrogens is 1. The number of carbonyl (C=O) groups excluding carboxylic acids is 1. The van der Waals surface area contributed by atoms with Crippen LogP contribution in [0.15, 0.2) is 60.7 Å². The number of aryl methyl sites for hydroxylation is 2. The molecular weight excluding hydrogens is 392 g/mol. The van der Waals surface area contributed by atoms with E-state index < -0.39 is 0 Å². The van der Waals surface area contributed by atoms with Crippen molar-refractivity contribution in [3.05, 3.63) is 87.8 Å². The summed E-state index contributed by atoms with van der Waals surface area (Å²) in [6.07, 6.45) is 0.956. The first-order chi connectivity index (χ1) is 14.7. The van der Waals surface area contributed by atoms with Gasteiger partial charge < -0.3 is 15.0 Å². The molecule has 2 heterocycles. The molecular formula is C25H29N2O2S+. The van der Waals surface area contributed by atoms with Gasteiger partial charge in [-0.3, -0.25) is 4.79 Å². The first-order valence-electron chi connectivity index (χ1n) is 10.6. The second kappa shape index (κ2) is 9.56. The molecule has 0 unspecified atom stereocenters. The topological polar surface area (TPSA) is 42.8 Å². The molecule has 5 heteroatoms. The van der Waals surface area contributed by atoms with Crippen LogP contribution in [0.1, 0.15) is 44.9 Å². The molecule has 0 aliphatic carbocycles. The van der Waals surface area contributed by atoms with E-state index in [0.29, 0.717) is 5.56 Å². The number of carbonyl (C=O) groups is 1. The van der Waals surface area contributed by atoms with Crippen LogP contribution in [0.25, 0.3) is 0 Å². The quantitative estimate of drug-likeness (QED) is 0.634. The maximum absolute atomic E-state index is 12.9. The molecule has 0 radical (unpaired) electrons. The van der Waals surface area contributed by atoms with Gasteiger partial charge in [0.2, 0.25) is 0 Å². The van der Waals surface area contributed by atoms with Crippen molar-refractivity contribution in [3.8, 4) is 0 Å². The predicted molar refractivity (Wildman–Crippen MR) is 123 cm³/mol. The van der Waals surface area contributed by atoms with Crippen LogP contribution in [0.5, 0.6) is 0 Å². The Balaban J connectivity index is 1.73. The number of benzene rings is 2.